The minimum atomic E-state index is -4.54. The molecule has 0 rings (SSSR count). The minimum absolute atomic E-state index is 0.0114. The zero-order valence-electron chi connectivity index (χ0n) is 34.9. The standard InChI is InChI=1S/C45H78NO7P/c1-6-8-10-12-14-16-17-18-19-20-21-22-23-24-25-26-27-28-29-30-32-34-36-38-45(47)53-44(43-52-54(48,49)51-41-39-46(3,4)5)42-50-40-37-35-33-31-15-13-11-9-7-2/h8,10,14,16,18-19,21-22,24-25,27-28,30,32,44H,6-7,9,11-13,15,17,20,23,26,29,31,33-43H2,1-5H3/b10-8-,16-14-,19-18-,22-21-,25-24-,28-27-,32-30-. The molecular formula is C45H78NO7P. The van der Waals surface area contributed by atoms with Crippen LogP contribution >= 0.6 is 7.82 Å². The Bertz CT molecular complexity index is 1130. The Morgan fingerprint density at radius 1 is 0.593 bits per heavy atom. The van der Waals surface area contributed by atoms with Crippen LogP contribution in [0.4, 0.5) is 0 Å². The highest BCUT2D eigenvalue weighted by Crippen LogP contribution is 2.38. The van der Waals surface area contributed by atoms with Gasteiger partial charge in [0, 0.05) is 13.0 Å². The van der Waals surface area contributed by atoms with E-state index in [4.69, 9.17) is 18.5 Å². The third-order valence-corrected chi connectivity index (χ3v) is 9.18. The van der Waals surface area contributed by atoms with Gasteiger partial charge in [-0.3, -0.25) is 9.36 Å². The first kappa shape index (κ1) is 51.7. The molecule has 0 bridgehead atoms. The largest absolute Gasteiger partial charge is 0.756 e. The maximum Gasteiger partial charge on any atom is 0.306 e. The number of carbonyl (C=O) groups excluding carboxylic acids is 1. The third-order valence-electron chi connectivity index (χ3n) is 8.21. The van der Waals surface area contributed by atoms with Crippen molar-refractivity contribution in [3.8, 4) is 0 Å². The van der Waals surface area contributed by atoms with Crippen LogP contribution in [0.1, 0.15) is 136 Å². The topological polar surface area (TPSA) is 94.1 Å². The lowest BCUT2D eigenvalue weighted by Crippen LogP contribution is -2.37. The van der Waals surface area contributed by atoms with Crippen LogP contribution in [-0.2, 0) is 27.9 Å². The van der Waals surface area contributed by atoms with Crippen LogP contribution in [0.5, 0.6) is 0 Å². The molecule has 0 aromatic heterocycles. The number of phosphoric ester groups is 1. The highest BCUT2D eigenvalue weighted by molar-refractivity contribution is 7.45. The summed E-state index contributed by atoms with van der Waals surface area (Å²) in [7, 11) is 1.30. The van der Waals surface area contributed by atoms with E-state index in [0.29, 0.717) is 24.1 Å². The second kappa shape index (κ2) is 37.6. The molecule has 0 aromatic carbocycles. The maximum absolute atomic E-state index is 12.6. The van der Waals surface area contributed by atoms with Crippen molar-refractivity contribution in [2.24, 2.45) is 0 Å². The van der Waals surface area contributed by atoms with Gasteiger partial charge < -0.3 is 27.9 Å². The molecule has 0 aliphatic rings. The first-order valence-corrected chi connectivity index (χ1v) is 22.3. The van der Waals surface area contributed by atoms with Crippen molar-refractivity contribution >= 4 is 13.8 Å². The van der Waals surface area contributed by atoms with Crippen molar-refractivity contribution in [3.63, 3.8) is 0 Å². The van der Waals surface area contributed by atoms with E-state index in [1.54, 1.807) is 0 Å². The van der Waals surface area contributed by atoms with E-state index in [0.717, 1.165) is 64.2 Å². The molecular weight excluding hydrogens is 697 g/mol. The third kappa shape index (κ3) is 40.9. The number of hydrogen-bond acceptors (Lipinski definition) is 7. The van der Waals surface area contributed by atoms with Crippen LogP contribution in [0.3, 0.4) is 0 Å². The Hall–Kier alpha value is -2.32. The van der Waals surface area contributed by atoms with Gasteiger partial charge in [0.25, 0.3) is 7.82 Å². The van der Waals surface area contributed by atoms with Crippen LogP contribution < -0.4 is 4.89 Å². The predicted octanol–water partition coefficient (Wildman–Crippen LogP) is 11.5. The summed E-state index contributed by atoms with van der Waals surface area (Å²) >= 11 is 0. The Morgan fingerprint density at radius 3 is 1.54 bits per heavy atom. The summed E-state index contributed by atoms with van der Waals surface area (Å²) in [4.78, 5) is 24.9. The number of allylic oxidation sites excluding steroid dienone is 14. The van der Waals surface area contributed by atoms with Gasteiger partial charge in [-0.05, 0) is 64.2 Å². The number of quaternary nitrogens is 1. The smallest absolute Gasteiger partial charge is 0.306 e. The van der Waals surface area contributed by atoms with Gasteiger partial charge in [-0.1, -0.05) is 150 Å². The lowest BCUT2D eigenvalue weighted by molar-refractivity contribution is -0.870. The van der Waals surface area contributed by atoms with Gasteiger partial charge in [0.1, 0.15) is 19.3 Å². The molecule has 0 fully saturated rings. The van der Waals surface area contributed by atoms with Gasteiger partial charge in [0.05, 0.1) is 34.4 Å². The number of phosphoric acid groups is 1. The Balaban J connectivity index is 4.34. The molecule has 2 atom stereocenters. The molecule has 0 saturated carbocycles. The summed E-state index contributed by atoms with van der Waals surface area (Å²) in [5, 5.41) is 0. The van der Waals surface area contributed by atoms with E-state index in [9.17, 15) is 14.3 Å². The number of hydrogen-bond donors (Lipinski definition) is 0. The molecule has 310 valence electrons. The Kier molecular flexibility index (Phi) is 36.0. The van der Waals surface area contributed by atoms with Crippen molar-refractivity contribution in [2.75, 3.05) is 54.1 Å². The quantitative estimate of drug-likeness (QED) is 0.0204. The summed E-state index contributed by atoms with van der Waals surface area (Å²) in [6.07, 6.45) is 48.9. The molecule has 0 amide bonds. The summed E-state index contributed by atoms with van der Waals surface area (Å²) in [5.74, 6) is -0.396. The fraction of sp³-hybridized carbons (Fsp3) is 0.667. The van der Waals surface area contributed by atoms with Crippen LogP contribution in [0.2, 0.25) is 0 Å². The molecule has 0 saturated heterocycles. The van der Waals surface area contributed by atoms with Crippen LogP contribution in [0.15, 0.2) is 85.1 Å². The fourth-order valence-electron chi connectivity index (χ4n) is 5.00. The fourth-order valence-corrected chi connectivity index (χ4v) is 5.73. The normalized spacial score (nSPS) is 14.7. The van der Waals surface area contributed by atoms with Gasteiger partial charge in [-0.15, -0.1) is 0 Å². The zero-order chi connectivity index (χ0) is 39.9. The molecule has 8 nitrogen and oxygen atoms in total. The van der Waals surface area contributed by atoms with Crippen LogP contribution in [0.25, 0.3) is 0 Å². The molecule has 0 heterocycles. The Morgan fingerprint density at radius 2 is 1.06 bits per heavy atom. The average molecular weight is 776 g/mol. The zero-order valence-corrected chi connectivity index (χ0v) is 35.8. The van der Waals surface area contributed by atoms with E-state index >= 15 is 0 Å². The molecule has 2 unspecified atom stereocenters. The molecule has 0 N–H and O–H groups in total. The molecule has 0 aliphatic carbocycles. The number of ether oxygens (including phenoxy) is 2. The van der Waals surface area contributed by atoms with E-state index in [-0.39, 0.29) is 26.2 Å². The summed E-state index contributed by atoms with van der Waals surface area (Å²) in [5.41, 5.74) is 0. The second-order valence-corrected chi connectivity index (χ2v) is 16.0. The second-order valence-electron chi connectivity index (χ2n) is 14.6. The van der Waals surface area contributed by atoms with Crippen LogP contribution in [0, 0.1) is 0 Å². The van der Waals surface area contributed by atoms with Crippen molar-refractivity contribution in [1.82, 2.24) is 0 Å². The lowest BCUT2D eigenvalue weighted by Gasteiger charge is -2.28. The van der Waals surface area contributed by atoms with E-state index in [1.807, 2.05) is 21.1 Å². The first-order valence-electron chi connectivity index (χ1n) is 20.8. The monoisotopic (exact) mass is 776 g/mol. The van der Waals surface area contributed by atoms with Crippen molar-refractivity contribution in [3.05, 3.63) is 85.1 Å². The Labute approximate surface area is 331 Å². The van der Waals surface area contributed by atoms with Crippen LogP contribution in [-0.4, -0.2) is 70.7 Å². The lowest BCUT2D eigenvalue weighted by atomic mass is 10.1. The maximum atomic E-state index is 12.6. The highest BCUT2D eigenvalue weighted by atomic mass is 31.2. The van der Waals surface area contributed by atoms with Gasteiger partial charge >= 0.3 is 5.97 Å². The number of rotatable bonds is 37. The molecule has 0 radical (unpaired) electrons. The van der Waals surface area contributed by atoms with E-state index in [1.165, 1.54) is 44.9 Å². The molecule has 54 heavy (non-hydrogen) atoms. The van der Waals surface area contributed by atoms with Gasteiger partial charge in [0.15, 0.2) is 0 Å². The molecule has 0 aliphatic heterocycles. The van der Waals surface area contributed by atoms with Crippen molar-refractivity contribution in [2.45, 2.75) is 142 Å². The summed E-state index contributed by atoms with van der Waals surface area (Å²) < 4.78 is 34.4. The van der Waals surface area contributed by atoms with Gasteiger partial charge in [-0.2, -0.15) is 0 Å². The first-order chi connectivity index (χ1) is 26.1. The average Bonchev–Trinajstić information content (AvgIpc) is 3.12. The number of esters is 1. The summed E-state index contributed by atoms with van der Waals surface area (Å²) in [6.45, 7) is 5.17. The highest BCUT2D eigenvalue weighted by Gasteiger charge is 2.20. The van der Waals surface area contributed by atoms with E-state index < -0.39 is 19.9 Å². The number of unbranched alkanes of at least 4 members (excludes halogenated alkanes) is 9. The molecule has 9 heteroatoms. The SMILES string of the molecule is CC/C=C\C/C=C\C/C=C\C/C=C\C/C=C\C/C=C\C/C=C\CCCC(=O)OC(COCCCCCCCCCCC)COP(=O)([O-])OCC[N+](C)(C)C. The van der Waals surface area contributed by atoms with Crippen molar-refractivity contribution < 1.29 is 37.3 Å². The molecule has 0 aromatic rings. The number of nitrogens with zero attached hydrogens (tertiary/aromatic N) is 1. The summed E-state index contributed by atoms with van der Waals surface area (Å²) in [6, 6.07) is 0. The van der Waals surface area contributed by atoms with Gasteiger partial charge in [-0.25, -0.2) is 0 Å². The van der Waals surface area contributed by atoms with E-state index in [2.05, 4.69) is 98.9 Å². The van der Waals surface area contributed by atoms with Gasteiger partial charge in [0.2, 0.25) is 0 Å². The number of carbonyl (C=O) groups is 1. The minimum Gasteiger partial charge on any atom is -0.756 e. The predicted molar refractivity (Wildman–Crippen MR) is 226 cm³/mol. The van der Waals surface area contributed by atoms with Crippen molar-refractivity contribution in [1.29, 1.82) is 0 Å². The molecule has 0 spiro atoms. The number of likely N-dealkylation sites (N-methyl/N-ethyl adjacent to an activating group) is 1.